The van der Waals surface area contributed by atoms with Crippen molar-refractivity contribution in [2.75, 3.05) is 19.0 Å². The number of aromatic nitrogens is 1. The summed E-state index contributed by atoms with van der Waals surface area (Å²) >= 11 is 0. The van der Waals surface area contributed by atoms with Crippen LogP contribution in [0.1, 0.15) is 0 Å². The molecule has 0 saturated carbocycles. The highest BCUT2D eigenvalue weighted by Crippen LogP contribution is 2.32. The summed E-state index contributed by atoms with van der Waals surface area (Å²) in [7, 11) is 1.55. The van der Waals surface area contributed by atoms with Crippen LogP contribution in [-0.2, 0) is 4.79 Å². The van der Waals surface area contributed by atoms with Gasteiger partial charge in [-0.2, -0.15) is 0 Å². The van der Waals surface area contributed by atoms with Gasteiger partial charge < -0.3 is 19.2 Å². The smallest absolute Gasteiger partial charge is 0.262 e. The molecule has 158 valence electrons. The van der Waals surface area contributed by atoms with Crippen LogP contribution in [0.3, 0.4) is 0 Å². The Bertz CT molecular complexity index is 1390. The molecule has 0 aliphatic carbocycles. The predicted octanol–water partition coefficient (Wildman–Crippen LogP) is 5.67. The van der Waals surface area contributed by atoms with E-state index in [9.17, 15) is 4.79 Å². The van der Waals surface area contributed by atoms with Gasteiger partial charge in [-0.05, 0) is 53.2 Å². The van der Waals surface area contributed by atoms with Crippen molar-refractivity contribution < 1.29 is 18.7 Å². The second-order valence-electron chi connectivity index (χ2n) is 7.25. The molecule has 5 aromatic rings. The molecule has 0 radical (unpaired) electrons. The Morgan fingerprint density at radius 2 is 1.75 bits per heavy atom. The summed E-state index contributed by atoms with van der Waals surface area (Å²) in [4.78, 5) is 17.1. The number of hydrogen-bond acceptors (Lipinski definition) is 5. The van der Waals surface area contributed by atoms with Crippen molar-refractivity contribution in [1.29, 1.82) is 0 Å². The van der Waals surface area contributed by atoms with Crippen molar-refractivity contribution in [3.8, 4) is 23.0 Å². The van der Waals surface area contributed by atoms with Crippen LogP contribution in [0, 0.1) is 0 Å². The second kappa shape index (κ2) is 8.43. The molecule has 0 atom stereocenters. The van der Waals surface area contributed by atoms with Crippen molar-refractivity contribution in [2.24, 2.45) is 0 Å². The average Bonchev–Trinajstić information content (AvgIpc) is 3.27. The summed E-state index contributed by atoms with van der Waals surface area (Å²) in [5, 5.41) is 5.02. The first-order valence-corrected chi connectivity index (χ1v) is 10.1. The van der Waals surface area contributed by atoms with Crippen LogP contribution in [0.2, 0.25) is 0 Å². The molecule has 0 fully saturated rings. The van der Waals surface area contributed by atoms with Crippen LogP contribution >= 0.6 is 0 Å². The monoisotopic (exact) mass is 424 g/mol. The van der Waals surface area contributed by atoms with Gasteiger partial charge in [0.15, 0.2) is 12.2 Å². The minimum atomic E-state index is -0.300. The molecule has 0 saturated heterocycles. The number of hydrogen-bond donors (Lipinski definition) is 1. The summed E-state index contributed by atoms with van der Waals surface area (Å²) in [5.41, 5.74) is 2.72. The van der Waals surface area contributed by atoms with E-state index < -0.39 is 0 Å². The lowest BCUT2D eigenvalue weighted by Gasteiger charge is -2.12. The minimum Gasteiger partial charge on any atom is -0.495 e. The summed E-state index contributed by atoms with van der Waals surface area (Å²) < 4.78 is 16.9. The van der Waals surface area contributed by atoms with Crippen molar-refractivity contribution in [1.82, 2.24) is 4.98 Å². The Labute approximate surface area is 184 Å². The molecule has 6 nitrogen and oxygen atoms in total. The van der Waals surface area contributed by atoms with Crippen molar-refractivity contribution in [3.63, 3.8) is 0 Å². The Morgan fingerprint density at radius 1 is 0.938 bits per heavy atom. The largest absolute Gasteiger partial charge is 0.495 e. The molecule has 0 aliphatic rings. The first kappa shape index (κ1) is 19.6. The van der Waals surface area contributed by atoms with Crippen molar-refractivity contribution >= 4 is 33.5 Å². The van der Waals surface area contributed by atoms with E-state index in [4.69, 9.17) is 13.9 Å². The fourth-order valence-electron chi connectivity index (χ4n) is 3.53. The Morgan fingerprint density at radius 3 is 2.59 bits per heavy atom. The lowest BCUT2D eigenvalue weighted by Crippen LogP contribution is -2.20. The van der Waals surface area contributed by atoms with E-state index in [1.54, 1.807) is 19.2 Å². The molecule has 32 heavy (non-hydrogen) atoms. The minimum absolute atomic E-state index is 0.130. The molecule has 1 N–H and O–H groups in total. The lowest BCUT2D eigenvalue weighted by molar-refractivity contribution is -0.118. The molecule has 0 aliphatic heterocycles. The number of oxazole rings is 1. The van der Waals surface area contributed by atoms with E-state index in [-0.39, 0.29) is 12.5 Å². The number of fused-ring (bicyclic) bond motifs is 2. The number of nitrogens with one attached hydrogen (secondary N) is 1. The lowest BCUT2D eigenvalue weighted by atomic mass is 10.1. The Kier molecular flexibility index (Phi) is 5.17. The van der Waals surface area contributed by atoms with E-state index in [0.29, 0.717) is 28.7 Å². The number of methoxy groups -OCH3 is 1. The van der Waals surface area contributed by atoms with Crippen LogP contribution in [0.25, 0.3) is 33.3 Å². The van der Waals surface area contributed by atoms with Crippen molar-refractivity contribution in [3.05, 3.63) is 84.9 Å². The summed E-state index contributed by atoms with van der Waals surface area (Å²) in [6.45, 7) is -0.130. The van der Waals surface area contributed by atoms with Gasteiger partial charge >= 0.3 is 0 Å². The molecule has 0 unspecified atom stereocenters. The van der Waals surface area contributed by atoms with Crippen molar-refractivity contribution in [2.45, 2.75) is 0 Å². The zero-order chi connectivity index (χ0) is 21.9. The van der Waals surface area contributed by atoms with Gasteiger partial charge in [0.05, 0.1) is 12.8 Å². The van der Waals surface area contributed by atoms with Gasteiger partial charge in [-0.25, -0.2) is 4.98 Å². The summed E-state index contributed by atoms with van der Waals surface area (Å²) in [6, 6.07) is 26.7. The zero-order valence-corrected chi connectivity index (χ0v) is 17.4. The molecule has 1 aromatic heterocycles. The SMILES string of the molecule is COc1ccc(-c2nc3ccccc3o2)cc1NC(=O)COc1ccc2ccccc2c1. The number of nitrogens with zero attached hydrogens (tertiary/aromatic N) is 1. The van der Waals surface area contributed by atoms with E-state index in [1.165, 1.54) is 0 Å². The van der Waals surface area contributed by atoms with Crippen LogP contribution in [0.4, 0.5) is 5.69 Å². The van der Waals surface area contributed by atoms with Gasteiger partial charge in [0.2, 0.25) is 5.89 Å². The van der Waals surface area contributed by atoms with Crippen LogP contribution in [0.5, 0.6) is 11.5 Å². The normalized spacial score (nSPS) is 10.9. The molecule has 1 amide bonds. The molecule has 1 heterocycles. The molecule has 0 spiro atoms. The van der Waals surface area contributed by atoms with E-state index in [2.05, 4.69) is 10.3 Å². The Hall–Kier alpha value is -4.32. The second-order valence-corrected chi connectivity index (χ2v) is 7.25. The highest BCUT2D eigenvalue weighted by molar-refractivity contribution is 5.94. The number of carbonyl (C=O) groups is 1. The highest BCUT2D eigenvalue weighted by atomic mass is 16.5. The molecule has 4 aromatic carbocycles. The first-order valence-electron chi connectivity index (χ1n) is 10.1. The third kappa shape index (κ3) is 3.98. The number of carbonyl (C=O) groups excluding carboxylic acids is 1. The number of amides is 1. The molecule has 0 bridgehead atoms. The van der Waals surface area contributed by atoms with Crippen LogP contribution in [0.15, 0.2) is 89.3 Å². The highest BCUT2D eigenvalue weighted by Gasteiger charge is 2.14. The number of ether oxygens (including phenoxy) is 2. The number of benzene rings is 4. The van der Waals surface area contributed by atoms with Gasteiger partial charge in [0.25, 0.3) is 5.91 Å². The standard InChI is InChI=1S/C26H20N2O4/c1-30-23-13-11-19(26-28-21-8-4-5-9-24(21)32-26)15-22(23)27-25(29)16-31-20-12-10-17-6-2-3-7-18(17)14-20/h2-15H,16H2,1H3,(H,27,29). The first-order chi connectivity index (χ1) is 15.7. The fraction of sp³-hybridized carbons (Fsp3) is 0.0769. The quantitative estimate of drug-likeness (QED) is 0.380. The van der Waals surface area contributed by atoms with Gasteiger partial charge in [-0.1, -0.05) is 42.5 Å². The van der Waals surface area contributed by atoms with E-state index in [0.717, 1.165) is 21.9 Å². The predicted molar refractivity (Wildman–Crippen MR) is 124 cm³/mol. The third-order valence-corrected chi connectivity index (χ3v) is 5.11. The van der Waals surface area contributed by atoms with Gasteiger partial charge in [-0.15, -0.1) is 0 Å². The maximum absolute atomic E-state index is 12.6. The number of para-hydroxylation sites is 2. The third-order valence-electron chi connectivity index (χ3n) is 5.11. The van der Waals surface area contributed by atoms with Gasteiger partial charge in [0, 0.05) is 5.56 Å². The topological polar surface area (TPSA) is 73.6 Å². The van der Waals surface area contributed by atoms with E-state index >= 15 is 0 Å². The van der Waals surface area contributed by atoms with Crippen LogP contribution < -0.4 is 14.8 Å². The maximum atomic E-state index is 12.6. The molecule has 6 heteroatoms. The van der Waals surface area contributed by atoms with Gasteiger partial charge in [0.1, 0.15) is 17.0 Å². The van der Waals surface area contributed by atoms with Crippen LogP contribution in [-0.4, -0.2) is 24.6 Å². The molecule has 5 rings (SSSR count). The molecular weight excluding hydrogens is 404 g/mol. The average molecular weight is 424 g/mol. The fourth-order valence-corrected chi connectivity index (χ4v) is 3.53. The number of rotatable bonds is 6. The molecular formula is C26H20N2O4. The Balaban J connectivity index is 1.32. The van der Waals surface area contributed by atoms with E-state index in [1.807, 2.05) is 72.8 Å². The zero-order valence-electron chi connectivity index (χ0n) is 17.4. The maximum Gasteiger partial charge on any atom is 0.262 e. The summed E-state index contributed by atoms with van der Waals surface area (Å²) in [6.07, 6.45) is 0. The van der Waals surface area contributed by atoms with Gasteiger partial charge in [-0.3, -0.25) is 4.79 Å². The number of anilines is 1. The summed E-state index contributed by atoms with van der Waals surface area (Å²) in [5.74, 6) is 1.33.